The van der Waals surface area contributed by atoms with Crippen LogP contribution < -0.4 is 0 Å². The highest BCUT2D eigenvalue weighted by Gasteiger charge is 2.22. The highest BCUT2D eigenvalue weighted by Crippen LogP contribution is 2.22. The molecule has 0 radical (unpaired) electrons. The van der Waals surface area contributed by atoms with E-state index in [0.717, 1.165) is 25.7 Å². The van der Waals surface area contributed by atoms with E-state index in [0.29, 0.717) is 6.42 Å². The van der Waals surface area contributed by atoms with Crippen LogP contribution in [0.3, 0.4) is 0 Å². The molecule has 0 amide bonds. The van der Waals surface area contributed by atoms with E-state index in [1.165, 1.54) is 0 Å². The highest BCUT2D eigenvalue weighted by atomic mass is 16.4. The molecule has 1 atom stereocenters. The predicted octanol–water partition coefficient (Wildman–Crippen LogP) is 1.61. The second-order valence-electron chi connectivity index (χ2n) is 3.36. The fraction of sp³-hybridized carbons (Fsp3) is 0.778. The molecule has 3 heteroatoms. The number of carbonyl (C=O) groups is 2. The Morgan fingerprint density at radius 3 is 2.83 bits per heavy atom. The third-order valence-corrected chi connectivity index (χ3v) is 2.35. The van der Waals surface area contributed by atoms with Crippen molar-refractivity contribution in [2.45, 2.75) is 38.5 Å². The van der Waals surface area contributed by atoms with E-state index in [1.807, 2.05) is 0 Å². The molecular weight excluding hydrogens is 156 g/mol. The monoisotopic (exact) mass is 170 g/mol. The second kappa shape index (κ2) is 4.24. The molecule has 0 heterocycles. The summed E-state index contributed by atoms with van der Waals surface area (Å²) < 4.78 is 0. The van der Waals surface area contributed by atoms with E-state index < -0.39 is 5.97 Å². The number of hydrogen-bond acceptors (Lipinski definition) is 2. The standard InChI is InChI=1S/C9H14O3/c10-8-5-3-1-2-4-7(8)6-9(11)12/h7H,1-6H2,(H,11,12). The van der Waals surface area contributed by atoms with Gasteiger partial charge in [-0.2, -0.15) is 0 Å². The summed E-state index contributed by atoms with van der Waals surface area (Å²) in [5.41, 5.74) is 0. The molecule has 1 unspecified atom stereocenters. The smallest absolute Gasteiger partial charge is 0.304 e. The van der Waals surface area contributed by atoms with Gasteiger partial charge in [-0.25, -0.2) is 0 Å². The Bertz CT molecular complexity index is 186. The molecule has 1 aliphatic rings. The van der Waals surface area contributed by atoms with Crippen molar-refractivity contribution in [3.63, 3.8) is 0 Å². The van der Waals surface area contributed by atoms with Crippen LogP contribution in [0.4, 0.5) is 0 Å². The van der Waals surface area contributed by atoms with Crippen molar-refractivity contribution in [2.75, 3.05) is 0 Å². The molecule has 0 saturated heterocycles. The van der Waals surface area contributed by atoms with Crippen molar-refractivity contribution >= 4 is 11.8 Å². The molecule has 0 aromatic heterocycles. The van der Waals surface area contributed by atoms with E-state index in [-0.39, 0.29) is 18.1 Å². The van der Waals surface area contributed by atoms with Crippen LogP contribution in [0, 0.1) is 5.92 Å². The van der Waals surface area contributed by atoms with Gasteiger partial charge in [-0.1, -0.05) is 12.8 Å². The minimum atomic E-state index is -0.852. The molecule has 1 fully saturated rings. The van der Waals surface area contributed by atoms with Crippen LogP contribution in [0.15, 0.2) is 0 Å². The Labute approximate surface area is 71.8 Å². The summed E-state index contributed by atoms with van der Waals surface area (Å²) >= 11 is 0. The molecule has 1 aliphatic carbocycles. The van der Waals surface area contributed by atoms with Gasteiger partial charge in [0.25, 0.3) is 0 Å². The first-order valence-corrected chi connectivity index (χ1v) is 4.44. The van der Waals surface area contributed by atoms with Crippen molar-refractivity contribution in [1.82, 2.24) is 0 Å². The molecule has 3 nitrogen and oxygen atoms in total. The predicted molar refractivity (Wildman–Crippen MR) is 43.8 cm³/mol. The molecule has 0 bridgehead atoms. The first-order valence-electron chi connectivity index (χ1n) is 4.44. The molecule has 0 aliphatic heterocycles. The first-order chi connectivity index (χ1) is 5.70. The van der Waals surface area contributed by atoms with Crippen molar-refractivity contribution < 1.29 is 14.7 Å². The van der Waals surface area contributed by atoms with Crippen LogP contribution in [-0.4, -0.2) is 16.9 Å². The Kier molecular flexibility index (Phi) is 3.26. The maximum Gasteiger partial charge on any atom is 0.304 e. The molecule has 1 rings (SSSR count). The maximum absolute atomic E-state index is 11.3. The lowest BCUT2D eigenvalue weighted by molar-refractivity contribution is -0.140. The van der Waals surface area contributed by atoms with Gasteiger partial charge in [-0.05, 0) is 12.8 Å². The van der Waals surface area contributed by atoms with E-state index in [4.69, 9.17) is 5.11 Å². The van der Waals surface area contributed by atoms with Crippen LogP contribution in [0.1, 0.15) is 38.5 Å². The normalized spacial score (nSPS) is 25.0. The topological polar surface area (TPSA) is 54.4 Å². The molecule has 0 aromatic rings. The highest BCUT2D eigenvalue weighted by molar-refractivity contribution is 5.85. The fourth-order valence-corrected chi connectivity index (χ4v) is 1.66. The summed E-state index contributed by atoms with van der Waals surface area (Å²) in [6.07, 6.45) is 4.39. The van der Waals surface area contributed by atoms with Gasteiger partial charge in [0.15, 0.2) is 0 Å². The van der Waals surface area contributed by atoms with Crippen molar-refractivity contribution in [2.24, 2.45) is 5.92 Å². The van der Waals surface area contributed by atoms with Crippen molar-refractivity contribution in [3.8, 4) is 0 Å². The van der Waals surface area contributed by atoms with Gasteiger partial charge in [0.05, 0.1) is 6.42 Å². The minimum Gasteiger partial charge on any atom is -0.481 e. The molecule has 0 aromatic carbocycles. The molecule has 12 heavy (non-hydrogen) atoms. The number of ketones is 1. The van der Waals surface area contributed by atoms with Crippen molar-refractivity contribution in [1.29, 1.82) is 0 Å². The zero-order valence-electron chi connectivity index (χ0n) is 7.08. The molecule has 68 valence electrons. The van der Waals surface area contributed by atoms with Gasteiger partial charge in [0.2, 0.25) is 0 Å². The zero-order valence-corrected chi connectivity index (χ0v) is 7.08. The summed E-state index contributed by atoms with van der Waals surface area (Å²) in [6.45, 7) is 0. The SMILES string of the molecule is O=C(O)CC1CCCCCC1=O. The zero-order chi connectivity index (χ0) is 8.97. The molecule has 1 N–H and O–H groups in total. The third-order valence-electron chi connectivity index (χ3n) is 2.35. The number of rotatable bonds is 2. The van der Waals surface area contributed by atoms with E-state index >= 15 is 0 Å². The Balaban J connectivity index is 2.47. The number of Topliss-reactive ketones (excluding diaryl/α,β-unsaturated/α-hetero) is 1. The maximum atomic E-state index is 11.3. The molecule has 0 spiro atoms. The lowest BCUT2D eigenvalue weighted by Crippen LogP contribution is -2.16. The van der Waals surface area contributed by atoms with Crippen LogP contribution >= 0.6 is 0 Å². The Morgan fingerprint density at radius 1 is 1.42 bits per heavy atom. The van der Waals surface area contributed by atoms with Crippen LogP contribution in [-0.2, 0) is 9.59 Å². The first kappa shape index (κ1) is 9.23. The lowest BCUT2D eigenvalue weighted by atomic mass is 9.95. The number of aliphatic carboxylic acids is 1. The molecular formula is C9H14O3. The van der Waals surface area contributed by atoms with Crippen molar-refractivity contribution in [3.05, 3.63) is 0 Å². The second-order valence-corrected chi connectivity index (χ2v) is 3.36. The largest absolute Gasteiger partial charge is 0.481 e. The van der Waals surface area contributed by atoms with Crippen LogP contribution in [0.2, 0.25) is 0 Å². The summed E-state index contributed by atoms with van der Waals surface area (Å²) in [5, 5.41) is 8.52. The minimum absolute atomic E-state index is 0.0266. The van der Waals surface area contributed by atoms with Gasteiger partial charge in [-0.3, -0.25) is 9.59 Å². The van der Waals surface area contributed by atoms with Gasteiger partial charge < -0.3 is 5.11 Å². The summed E-state index contributed by atoms with van der Waals surface area (Å²) in [7, 11) is 0. The Hall–Kier alpha value is -0.860. The quantitative estimate of drug-likeness (QED) is 0.640. The average Bonchev–Trinajstić information content (AvgIpc) is 2.16. The summed E-state index contributed by atoms with van der Waals surface area (Å²) in [6, 6.07) is 0. The van der Waals surface area contributed by atoms with Crippen LogP contribution in [0.25, 0.3) is 0 Å². The number of carboxylic acid groups (broad SMARTS) is 1. The number of hydrogen-bond donors (Lipinski definition) is 1. The van der Waals surface area contributed by atoms with Gasteiger partial charge in [0, 0.05) is 12.3 Å². The van der Waals surface area contributed by atoms with Gasteiger partial charge in [-0.15, -0.1) is 0 Å². The van der Waals surface area contributed by atoms with E-state index in [1.54, 1.807) is 0 Å². The summed E-state index contributed by atoms with van der Waals surface area (Å²) in [5.74, 6) is -0.907. The average molecular weight is 170 g/mol. The number of carbonyl (C=O) groups excluding carboxylic acids is 1. The van der Waals surface area contributed by atoms with Gasteiger partial charge in [0.1, 0.15) is 5.78 Å². The van der Waals surface area contributed by atoms with E-state index in [2.05, 4.69) is 0 Å². The fourth-order valence-electron chi connectivity index (χ4n) is 1.66. The van der Waals surface area contributed by atoms with Gasteiger partial charge >= 0.3 is 5.97 Å². The molecule has 1 saturated carbocycles. The lowest BCUT2D eigenvalue weighted by Gasteiger charge is -2.08. The van der Waals surface area contributed by atoms with E-state index in [9.17, 15) is 9.59 Å². The number of carboxylic acids is 1. The summed E-state index contributed by atoms with van der Waals surface area (Å²) in [4.78, 5) is 21.7. The Morgan fingerprint density at radius 2 is 2.17 bits per heavy atom. The van der Waals surface area contributed by atoms with Crippen LogP contribution in [0.5, 0.6) is 0 Å². The third kappa shape index (κ3) is 2.64.